The fourth-order valence-corrected chi connectivity index (χ4v) is 2.51. The van der Waals surface area contributed by atoms with Crippen molar-refractivity contribution in [2.75, 3.05) is 13.7 Å². The molecule has 0 aromatic heterocycles. The average molecular weight is 350 g/mol. The summed E-state index contributed by atoms with van der Waals surface area (Å²) in [6.07, 6.45) is -5.77. The number of aliphatic carboxylic acids is 1. The molecule has 1 aliphatic heterocycles. The number of hydrogen-bond donors (Lipinski definition) is 1. The maximum atomic E-state index is 11.0. The number of carboxylic acids is 1. The van der Waals surface area contributed by atoms with E-state index in [0.717, 1.165) is 7.11 Å². The van der Waals surface area contributed by atoms with Crippen LogP contribution in [-0.2, 0) is 42.4 Å². The molecule has 1 heterocycles. The summed E-state index contributed by atoms with van der Waals surface area (Å²) in [5.41, 5.74) is 0. The van der Waals surface area contributed by atoms with Gasteiger partial charge in [-0.05, 0) is 0 Å². The Morgan fingerprint density at radius 2 is 2.10 bits per heavy atom. The molecule has 0 amide bonds. The molecule has 4 atom stereocenters. The van der Waals surface area contributed by atoms with Gasteiger partial charge in [-0.1, -0.05) is 0 Å². The number of carboxylic acid groups (broad SMARTS) is 1. The Bertz CT molecular complexity index is 437. The SMILES string of the molecule is CO[C@@H]1C(OS(=O)(=O)[O-])COC(C(=O)O)[C@@H]1OSOO[O-]. The van der Waals surface area contributed by atoms with E-state index in [1.807, 2.05) is 0 Å². The fourth-order valence-electron chi connectivity index (χ4n) is 1.68. The first-order valence-corrected chi connectivity index (χ1v) is 7.10. The van der Waals surface area contributed by atoms with Gasteiger partial charge in [-0.25, -0.2) is 13.2 Å². The van der Waals surface area contributed by atoms with Gasteiger partial charge in [-0.15, -0.1) is 4.33 Å². The molecular formula is C7H10O12S2-2. The van der Waals surface area contributed by atoms with Crippen LogP contribution in [-0.4, -0.2) is 62.2 Å². The molecule has 1 aliphatic rings. The Balaban J connectivity index is 2.87. The van der Waals surface area contributed by atoms with Crippen molar-refractivity contribution < 1.29 is 55.3 Å². The number of rotatable bonds is 8. The molecule has 0 aromatic carbocycles. The summed E-state index contributed by atoms with van der Waals surface area (Å²) >= 11 is -0.0211. The molecule has 0 saturated carbocycles. The zero-order valence-corrected chi connectivity index (χ0v) is 11.9. The predicted octanol–water partition coefficient (Wildman–Crippen LogP) is -2.50. The Hall–Kier alpha value is -0.550. The summed E-state index contributed by atoms with van der Waals surface area (Å²) in [5.74, 6) is -1.45. The molecule has 124 valence electrons. The lowest BCUT2D eigenvalue weighted by Gasteiger charge is -2.38. The average Bonchev–Trinajstić information content (AvgIpc) is 2.37. The van der Waals surface area contributed by atoms with E-state index in [1.165, 1.54) is 0 Å². The minimum atomic E-state index is -5.08. The van der Waals surface area contributed by atoms with Crippen LogP contribution in [0.4, 0.5) is 0 Å². The summed E-state index contributed by atoms with van der Waals surface area (Å²) in [4.78, 5) is 11.0. The molecule has 0 bridgehead atoms. The first-order valence-electron chi connectivity index (χ1n) is 5.10. The molecule has 1 N–H and O–H groups in total. The Labute approximate surface area is 123 Å². The van der Waals surface area contributed by atoms with Gasteiger partial charge in [0, 0.05) is 7.11 Å². The van der Waals surface area contributed by atoms with E-state index in [0.29, 0.717) is 0 Å². The van der Waals surface area contributed by atoms with Gasteiger partial charge in [-0.3, -0.25) is 13.4 Å². The van der Waals surface area contributed by atoms with E-state index in [4.69, 9.17) is 18.8 Å². The van der Waals surface area contributed by atoms with Crippen molar-refractivity contribution in [2.24, 2.45) is 0 Å². The van der Waals surface area contributed by atoms with Crippen LogP contribution in [0.15, 0.2) is 0 Å². The maximum Gasteiger partial charge on any atom is 0.335 e. The van der Waals surface area contributed by atoms with Crippen LogP contribution >= 0.6 is 12.3 Å². The lowest BCUT2D eigenvalue weighted by molar-refractivity contribution is -0.777. The summed E-state index contributed by atoms with van der Waals surface area (Å²) < 4.78 is 54.4. The van der Waals surface area contributed by atoms with E-state index in [-0.39, 0.29) is 12.3 Å². The Kier molecular flexibility index (Phi) is 7.21. The lowest BCUT2D eigenvalue weighted by atomic mass is 10.00. The van der Waals surface area contributed by atoms with Crippen molar-refractivity contribution in [3.8, 4) is 0 Å². The van der Waals surface area contributed by atoms with Gasteiger partial charge in [0.2, 0.25) is 10.4 Å². The molecule has 1 fully saturated rings. The molecule has 12 nitrogen and oxygen atoms in total. The van der Waals surface area contributed by atoms with E-state index >= 15 is 0 Å². The van der Waals surface area contributed by atoms with Crippen LogP contribution in [0.5, 0.6) is 0 Å². The fraction of sp³-hybridized carbons (Fsp3) is 0.857. The van der Waals surface area contributed by atoms with E-state index in [1.54, 1.807) is 0 Å². The zero-order chi connectivity index (χ0) is 16.0. The van der Waals surface area contributed by atoms with Crippen LogP contribution in [0.2, 0.25) is 0 Å². The predicted molar refractivity (Wildman–Crippen MR) is 57.4 cm³/mol. The normalized spacial score (nSPS) is 30.2. The summed E-state index contributed by atoms with van der Waals surface area (Å²) in [6.45, 7) is -0.541. The third-order valence-corrected chi connectivity index (χ3v) is 3.29. The van der Waals surface area contributed by atoms with Crippen LogP contribution in [0.1, 0.15) is 0 Å². The molecule has 0 aliphatic carbocycles. The van der Waals surface area contributed by atoms with Gasteiger partial charge < -0.3 is 24.4 Å². The first-order chi connectivity index (χ1) is 9.80. The lowest BCUT2D eigenvalue weighted by Crippen LogP contribution is -2.58. The molecule has 0 aromatic rings. The highest BCUT2D eigenvalue weighted by molar-refractivity contribution is 7.89. The standard InChI is InChI=1S/C7H12O12S2/c1-14-4-3(17-21(11,12)13)2-15-6(7(8)9)5(4)16-20-19-18-10/h3-6,10H,2H2,1H3,(H,8,9)(H,11,12,13)/p-2/t3?,4-,5-,6?/m1/s1. The second-order valence-electron chi connectivity index (χ2n) is 3.60. The van der Waals surface area contributed by atoms with Gasteiger partial charge in [0.25, 0.3) is 0 Å². The van der Waals surface area contributed by atoms with Crippen molar-refractivity contribution >= 4 is 28.7 Å². The van der Waals surface area contributed by atoms with E-state index in [9.17, 15) is 23.0 Å². The van der Waals surface area contributed by atoms with Gasteiger partial charge >= 0.3 is 5.97 Å². The highest BCUT2D eigenvalue weighted by Gasteiger charge is 2.47. The quantitative estimate of drug-likeness (QED) is 0.122. The van der Waals surface area contributed by atoms with Crippen LogP contribution in [0, 0.1) is 0 Å². The van der Waals surface area contributed by atoms with Gasteiger partial charge in [0.05, 0.1) is 6.61 Å². The molecule has 0 spiro atoms. The molecule has 1 saturated heterocycles. The topological polar surface area (TPSA) is 173 Å². The summed E-state index contributed by atoms with van der Waals surface area (Å²) in [6, 6.07) is 0. The van der Waals surface area contributed by atoms with Crippen molar-refractivity contribution in [1.82, 2.24) is 0 Å². The summed E-state index contributed by atoms with van der Waals surface area (Å²) in [7, 11) is -3.97. The van der Waals surface area contributed by atoms with Gasteiger partial charge in [0.1, 0.15) is 18.3 Å². The van der Waals surface area contributed by atoms with E-state index in [2.05, 4.69) is 13.6 Å². The highest BCUT2D eigenvalue weighted by atomic mass is 32.3. The van der Waals surface area contributed by atoms with Crippen molar-refractivity contribution in [2.45, 2.75) is 24.4 Å². The maximum absolute atomic E-state index is 11.0. The van der Waals surface area contributed by atoms with Gasteiger partial charge in [-0.2, -0.15) is 0 Å². The van der Waals surface area contributed by atoms with Crippen LogP contribution in [0.25, 0.3) is 0 Å². The number of hydrogen-bond acceptors (Lipinski definition) is 12. The monoisotopic (exact) mass is 350 g/mol. The smallest absolute Gasteiger partial charge is 0.335 e. The second-order valence-corrected chi connectivity index (χ2v) is 5.07. The number of ether oxygens (including phenoxy) is 2. The Morgan fingerprint density at radius 3 is 2.57 bits per heavy atom. The number of carbonyl (C=O) groups is 1. The van der Waals surface area contributed by atoms with Crippen molar-refractivity contribution in [3.63, 3.8) is 0 Å². The Morgan fingerprint density at radius 1 is 1.43 bits per heavy atom. The van der Waals surface area contributed by atoms with Gasteiger partial charge in [0.15, 0.2) is 18.4 Å². The second kappa shape index (κ2) is 8.18. The largest absolute Gasteiger partial charge is 0.726 e. The molecule has 14 heteroatoms. The van der Waals surface area contributed by atoms with E-state index < -0.39 is 47.4 Å². The number of methoxy groups -OCH3 is 1. The minimum absolute atomic E-state index is 0.0211. The van der Waals surface area contributed by atoms with Crippen molar-refractivity contribution in [1.29, 1.82) is 0 Å². The van der Waals surface area contributed by atoms with Crippen molar-refractivity contribution in [3.05, 3.63) is 0 Å². The van der Waals surface area contributed by atoms with Crippen LogP contribution < -0.4 is 5.26 Å². The minimum Gasteiger partial charge on any atom is -0.726 e. The molecule has 1 rings (SSSR count). The third-order valence-electron chi connectivity index (χ3n) is 2.39. The summed E-state index contributed by atoms with van der Waals surface area (Å²) in [5, 5.41) is 21.6. The molecular weight excluding hydrogens is 340 g/mol. The molecule has 21 heavy (non-hydrogen) atoms. The van der Waals surface area contributed by atoms with Crippen LogP contribution in [0.3, 0.4) is 0 Å². The molecule has 2 unspecified atom stereocenters. The zero-order valence-electron chi connectivity index (χ0n) is 10.3. The third kappa shape index (κ3) is 5.62. The first kappa shape index (κ1) is 18.5. The molecule has 0 radical (unpaired) electrons. The highest BCUT2D eigenvalue weighted by Crippen LogP contribution is 2.27.